The van der Waals surface area contributed by atoms with Crippen LogP contribution >= 0.6 is 0 Å². The van der Waals surface area contributed by atoms with Crippen molar-refractivity contribution in [3.05, 3.63) is 54.6 Å². The first kappa shape index (κ1) is 21.9. The zero-order chi connectivity index (χ0) is 22.4. The summed E-state index contributed by atoms with van der Waals surface area (Å²) >= 11 is 0. The van der Waals surface area contributed by atoms with Gasteiger partial charge in [0.25, 0.3) is 5.56 Å². The van der Waals surface area contributed by atoms with Crippen LogP contribution in [0.2, 0.25) is 0 Å². The van der Waals surface area contributed by atoms with Gasteiger partial charge in [-0.1, -0.05) is 6.92 Å². The molecule has 1 aliphatic carbocycles. The number of ketones is 2. The Kier molecular flexibility index (Phi) is 5.68. The Morgan fingerprint density at radius 2 is 1.80 bits per heavy atom. The number of benzene rings is 1. The molecule has 0 spiro atoms. The molecule has 30 heavy (non-hydrogen) atoms. The molecular formula is C21H24N2O6S. The van der Waals surface area contributed by atoms with Crippen LogP contribution in [0.15, 0.2) is 32.2 Å². The molecule has 0 amide bonds. The van der Waals surface area contributed by atoms with Crippen molar-refractivity contribution in [3.63, 3.8) is 0 Å². The van der Waals surface area contributed by atoms with Crippen LogP contribution in [0.3, 0.4) is 0 Å². The summed E-state index contributed by atoms with van der Waals surface area (Å²) in [5.41, 5.74) is -0.482. The van der Waals surface area contributed by atoms with Crippen LogP contribution in [0.5, 0.6) is 0 Å². The number of sulfone groups is 1. The number of carbonyl (C=O) groups is 2. The lowest BCUT2D eigenvalue weighted by Gasteiger charge is -2.19. The fourth-order valence-corrected chi connectivity index (χ4v) is 5.09. The molecule has 3 rings (SSSR count). The predicted octanol–water partition coefficient (Wildman–Crippen LogP) is 1.65. The van der Waals surface area contributed by atoms with Crippen LogP contribution in [0.25, 0.3) is 10.9 Å². The lowest BCUT2D eigenvalue weighted by atomic mass is 9.89. The molecule has 0 radical (unpaired) electrons. The number of Topliss-reactive ketones (excluding diaryl/α,β-unsaturated/α-hetero) is 2. The summed E-state index contributed by atoms with van der Waals surface area (Å²) < 4.78 is 26.8. The van der Waals surface area contributed by atoms with Crippen LogP contribution < -0.4 is 11.2 Å². The summed E-state index contributed by atoms with van der Waals surface area (Å²) in [6.45, 7) is 3.66. The summed E-state index contributed by atoms with van der Waals surface area (Å²) in [6.07, 6.45) is 2.18. The molecule has 1 aliphatic rings. The third-order valence-electron chi connectivity index (χ3n) is 5.51. The average Bonchev–Trinajstić information content (AvgIpc) is 2.68. The molecule has 0 aliphatic heterocycles. The third-order valence-corrected chi connectivity index (χ3v) is 6.82. The fourth-order valence-electron chi connectivity index (χ4n) is 3.99. The minimum Gasteiger partial charge on any atom is -0.296 e. The molecule has 9 heteroatoms. The summed E-state index contributed by atoms with van der Waals surface area (Å²) in [5.74, 6) is -1.20. The minimum absolute atomic E-state index is 0.0905. The molecule has 0 atom stereocenters. The highest BCUT2D eigenvalue weighted by Gasteiger charge is 2.32. The first-order valence-electron chi connectivity index (χ1n) is 9.74. The summed E-state index contributed by atoms with van der Waals surface area (Å²) in [4.78, 5) is 51.2. The number of hydrogen-bond acceptors (Lipinski definition) is 6. The Balaban J connectivity index is 2.35. The quantitative estimate of drug-likeness (QED) is 0.525. The molecule has 2 aromatic rings. The molecule has 1 heterocycles. The van der Waals surface area contributed by atoms with E-state index in [4.69, 9.17) is 0 Å². The van der Waals surface area contributed by atoms with Crippen molar-refractivity contribution >= 4 is 32.3 Å². The standard InChI is InChI=1S/C21H24N2O6S/c1-5-11-23-20(26)17-12(2)13(9-10-14(17)22(3)21(23)27)19(25)18-15(24)7-6-8-16(18)30(4,28)29/h9-10H,5-8,11H2,1-4H3. The molecule has 160 valence electrons. The number of aromatic nitrogens is 2. The normalized spacial score (nSPS) is 15.1. The van der Waals surface area contributed by atoms with E-state index in [0.717, 1.165) is 10.8 Å². The smallest absolute Gasteiger partial charge is 0.296 e. The van der Waals surface area contributed by atoms with Gasteiger partial charge in [-0.3, -0.25) is 23.5 Å². The van der Waals surface area contributed by atoms with E-state index in [1.54, 1.807) is 14.0 Å². The number of carbonyl (C=O) groups excluding carboxylic acids is 2. The number of nitrogens with zero attached hydrogens (tertiary/aromatic N) is 2. The van der Waals surface area contributed by atoms with E-state index >= 15 is 0 Å². The summed E-state index contributed by atoms with van der Waals surface area (Å²) in [5, 5.41) is 0.209. The predicted molar refractivity (Wildman–Crippen MR) is 114 cm³/mol. The van der Waals surface area contributed by atoms with Crippen molar-refractivity contribution in [2.75, 3.05) is 6.26 Å². The monoisotopic (exact) mass is 432 g/mol. The zero-order valence-electron chi connectivity index (χ0n) is 17.4. The molecule has 0 unspecified atom stereocenters. The Morgan fingerprint density at radius 1 is 1.13 bits per heavy atom. The Hall–Kier alpha value is -2.81. The van der Waals surface area contributed by atoms with Gasteiger partial charge in [-0.05, 0) is 43.9 Å². The van der Waals surface area contributed by atoms with E-state index in [1.165, 1.54) is 16.7 Å². The van der Waals surface area contributed by atoms with Gasteiger partial charge in [-0.25, -0.2) is 13.2 Å². The van der Waals surface area contributed by atoms with Gasteiger partial charge in [0.15, 0.2) is 21.4 Å². The van der Waals surface area contributed by atoms with E-state index in [1.807, 2.05) is 6.92 Å². The van der Waals surface area contributed by atoms with Gasteiger partial charge >= 0.3 is 5.69 Å². The highest BCUT2D eigenvalue weighted by molar-refractivity contribution is 7.94. The van der Waals surface area contributed by atoms with E-state index in [9.17, 15) is 27.6 Å². The van der Waals surface area contributed by atoms with Gasteiger partial charge in [0, 0.05) is 31.8 Å². The van der Waals surface area contributed by atoms with Gasteiger partial charge in [0.05, 0.1) is 21.4 Å². The first-order valence-corrected chi connectivity index (χ1v) is 11.6. The number of rotatable bonds is 5. The largest absolute Gasteiger partial charge is 0.331 e. The topological polar surface area (TPSA) is 112 Å². The number of hydrogen-bond donors (Lipinski definition) is 0. The molecule has 1 aromatic heterocycles. The molecule has 0 saturated heterocycles. The van der Waals surface area contributed by atoms with Gasteiger partial charge in [-0.15, -0.1) is 0 Å². The van der Waals surface area contributed by atoms with Crippen molar-refractivity contribution in [1.29, 1.82) is 0 Å². The van der Waals surface area contributed by atoms with Crippen LogP contribution in [0.4, 0.5) is 0 Å². The van der Waals surface area contributed by atoms with E-state index in [2.05, 4.69) is 0 Å². The molecule has 0 bridgehead atoms. The molecule has 1 aromatic carbocycles. The van der Waals surface area contributed by atoms with Crippen molar-refractivity contribution in [3.8, 4) is 0 Å². The molecule has 0 fully saturated rings. The zero-order valence-corrected chi connectivity index (χ0v) is 18.3. The van der Waals surface area contributed by atoms with Crippen LogP contribution in [-0.4, -0.2) is 35.4 Å². The second kappa shape index (κ2) is 7.79. The van der Waals surface area contributed by atoms with E-state index in [0.29, 0.717) is 23.9 Å². The minimum atomic E-state index is -3.72. The molecule has 8 nitrogen and oxygen atoms in total. The van der Waals surface area contributed by atoms with Crippen LogP contribution in [-0.2, 0) is 28.2 Å². The fraction of sp³-hybridized carbons (Fsp3) is 0.429. The number of fused-ring (bicyclic) bond motifs is 1. The number of allylic oxidation sites excluding steroid dienone is 2. The van der Waals surface area contributed by atoms with Crippen LogP contribution in [0, 0.1) is 6.92 Å². The molecular weight excluding hydrogens is 408 g/mol. The van der Waals surface area contributed by atoms with Crippen molar-refractivity contribution in [2.24, 2.45) is 7.05 Å². The summed E-state index contributed by atoms with van der Waals surface area (Å²) in [6, 6.07) is 2.93. The Morgan fingerprint density at radius 3 is 2.40 bits per heavy atom. The maximum Gasteiger partial charge on any atom is 0.331 e. The van der Waals surface area contributed by atoms with Crippen molar-refractivity contribution in [1.82, 2.24) is 9.13 Å². The molecule has 0 saturated carbocycles. The van der Waals surface area contributed by atoms with Crippen molar-refractivity contribution in [2.45, 2.75) is 46.1 Å². The van der Waals surface area contributed by atoms with Crippen LogP contribution in [0.1, 0.15) is 48.5 Å². The van der Waals surface area contributed by atoms with Gasteiger partial charge < -0.3 is 0 Å². The Labute approximate surface area is 173 Å². The molecule has 0 N–H and O–H groups in total. The average molecular weight is 432 g/mol. The SMILES string of the molecule is CCCn1c(=O)c2c(C)c(C(=O)C3=C(S(C)(=O)=O)CCCC3=O)ccc2n(C)c1=O. The highest BCUT2D eigenvalue weighted by Crippen LogP contribution is 2.30. The first-order chi connectivity index (χ1) is 14.0. The lowest BCUT2D eigenvalue weighted by Crippen LogP contribution is -2.39. The highest BCUT2D eigenvalue weighted by atomic mass is 32.2. The maximum absolute atomic E-state index is 13.3. The Bertz CT molecular complexity index is 1340. The second-order valence-electron chi connectivity index (χ2n) is 7.61. The number of aryl methyl sites for hydroxylation is 2. The third kappa shape index (κ3) is 3.47. The van der Waals surface area contributed by atoms with Gasteiger partial charge in [0.1, 0.15) is 0 Å². The lowest BCUT2D eigenvalue weighted by molar-refractivity contribution is -0.115. The van der Waals surface area contributed by atoms with Gasteiger partial charge in [0.2, 0.25) is 0 Å². The maximum atomic E-state index is 13.3. The van der Waals surface area contributed by atoms with E-state index < -0.39 is 32.7 Å². The van der Waals surface area contributed by atoms with Crippen molar-refractivity contribution < 1.29 is 18.0 Å². The van der Waals surface area contributed by atoms with E-state index in [-0.39, 0.29) is 40.8 Å². The van der Waals surface area contributed by atoms with Gasteiger partial charge in [-0.2, -0.15) is 0 Å². The second-order valence-corrected chi connectivity index (χ2v) is 9.64. The summed E-state index contributed by atoms with van der Waals surface area (Å²) in [7, 11) is -2.18.